The van der Waals surface area contributed by atoms with Gasteiger partial charge in [-0.05, 0) is 18.1 Å². The molecule has 0 spiro atoms. The molecule has 2 unspecified atom stereocenters. The summed E-state index contributed by atoms with van der Waals surface area (Å²) in [4.78, 5) is 11.7. The molecule has 0 saturated heterocycles. The molecule has 20 heavy (non-hydrogen) atoms. The van der Waals surface area contributed by atoms with Crippen molar-refractivity contribution >= 4 is 5.97 Å². The molecule has 0 saturated carbocycles. The lowest BCUT2D eigenvalue weighted by molar-refractivity contribution is -0.144. The van der Waals surface area contributed by atoms with E-state index in [-0.39, 0.29) is 24.0 Å². The van der Waals surface area contributed by atoms with Crippen LogP contribution in [-0.2, 0) is 9.53 Å². The summed E-state index contributed by atoms with van der Waals surface area (Å²) in [6.07, 6.45) is -0.115. The summed E-state index contributed by atoms with van der Waals surface area (Å²) >= 11 is 0. The second-order valence-electron chi connectivity index (χ2n) is 5.15. The molecule has 1 N–H and O–H groups in total. The largest absolute Gasteiger partial charge is 0.486 e. The first-order valence-electron chi connectivity index (χ1n) is 6.81. The van der Waals surface area contributed by atoms with Gasteiger partial charge in [0.1, 0.15) is 18.8 Å². The van der Waals surface area contributed by atoms with Gasteiger partial charge in [-0.25, -0.2) is 0 Å². The Morgan fingerprint density at radius 2 is 2.10 bits per heavy atom. The minimum absolute atomic E-state index is 0.115. The van der Waals surface area contributed by atoms with Gasteiger partial charge in [-0.1, -0.05) is 26.0 Å². The number of esters is 1. The summed E-state index contributed by atoms with van der Waals surface area (Å²) in [5.41, 5.74) is 0. The van der Waals surface area contributed by atoms with E-state index in [0.717, 1.165) is 11.5 Å². The van der Waals surface area contributed by atoms with Crippen LogP contribution in [0.4, 0.5) is 0 Å². The Morgan fingerprint density at radius 1 is 1.40 bits per heavy atom. The van der Waals surface area contributed by atoms with Crippen molar-refractivity contribution in [2.24, 2.45) is 5.92 Å². The number of carbonyl (C=O) groups is 1. The first-order valence-corrected chi connectivity index (χ1v) is 6.81. The standard InChI is InChI=1S/C15H21NO4/c1-10(2)14(15(17)18-3)16-8-11-9-19-12-6-4-5-7-13(12)20-11/h4-7,10-11,14,16H,8-9H2,1-3H3. The number of ether oxygens (including phenoxy) is 3. The fourth-order valence-electron chi connectivity index (χ4n) is 2.14. The van der Waals surface area contributed by atoms with Crippen LogP contribution in [-0.4, -0.2) is 38.4 Å². The third-order valence-corrected chi connectivity index (χ3v) is 3.25. The number of hydrogen-bond acceptors (Lipinski definition) is 5. The molecule has 2 rings (SSSR count). The van der Waals surface area contributed by atoms with Gasteiger partial charge in [-0.3, -0.25) is 4.79 Å². The van der Waals surface area contributed by atoms with E-state index in [9.17, 15) is 4.79 Å². The monoisotopic (exact) mass is 279 g/mol. The van der Waals surface area contributed by atoms with Crippen molar-refractivity contribution in [1.82, 2.24) is 5.32 Å². The van der Waals surface area contributed by atoms with Crippen molar-refractivity contribution < 1.29 is 19.0 Å². The Hall–Kier alpha value is -1.75. The van der Waals surface area contributed by atoms with E-state index in [1.165, 1.54) is 7.11 Å². The highest BCUT2D eigenvalue weighted by molar-refractivity contribution is 5.75. The van der Waals surface area contributed by atoms with Crippen LogP contribution >= 0.6 is 0 Å². The summed E-state index contributed by atoms with van der Waals surface area (Å²) in [5, 5.41) is 3.19. The van der Waals surface area contributed by atoms with Gasteiger partial charge in [-0.15, -0.1) is 0 Å². The maximum atomic E-state index is 11.7. The lowest BCUT2D eigenvalue weighted by Crippen LogP contribution is -2.48. The van der Waals surface area contributed by atoms with Gasteiger partial charge in [0.15, 0.2) is 11.5 Å². The zero-order valence-electron chi connectivity index (χ0n) is 12.1. The van der Waals surface area contributed by atoms with E-state index in [1.807, 2.05) is 38.1 Å². The molecule has 110 valence electrons. The molecule has 0 radical (unpaired) electrons. The van der Waals surface area contributed by atoms with Crippen molar-refractivity contribution in [3.05, 3.63) is 24.3 Å². The van der Waals surface area contributed by atoms with Crippen molar-refractivity contribution in [3.63, 3.8) is 0 Å². The molecule has 0 aliphatic carbocycles. The first-order chi connectivity index (χ1) is 9.61. The Morgan fingerprint density at radius 3 is 2.75 bits per heavy atom. The van der Waals surface area contributed by atoms with E-state index in [0.29, 0.717) is 13.2 Å². The molecule has 0 aromatic heterocycles. The smallest absolute Gasteiger partial charge is 0.323 e. The molecule has 5 nitrogen and oxygen atoms in total. The van der Waals surface area contributed by atoms with E-state index < -0.39 is 0 Å². The predicted octanol–water partition coefficient (Wildman–Crippen LogP) is 1.61. The summed E-state index contributed by atoms with van der Waals surface area (Å²) in [6, 6.07) is 7.24. The summed E-state index contributed by atoms with van der Waals surface area (Å²) in [6.45, 7) is 4.95. The van der Waals surface area contributed by atoms with Gasteiger partial charge in [-0.2, -0.15) is 0 Å². The number of nitrogens with one attached hydrogen (secondary N) is 1. The van der Waals surface area contributed by atoms with Crippen LogP contribution in [0.15, 0.2) is 24.3 Å². The number of rotatable bonds is 5. The molecule has 5 heteroatoms. The summed E-state index contributed by atoms with van der Waals surface area (Å²) in [7, 11) is 1.40. The minimum atomic E-state index is -0.333. The third kappa shape index (κ3) is 3.42. The van der Waals surface area contributed by atoms with Crippen LogP contribution in [0.3, 0.4) is 0 Å². The van der Waals surface area contributed by atoms with Gasteiger partial charge >= 0.3 is 5.97 Å². The molecular weight excluding hydrogens is 258 g/mol. The van der Waals surface area contributed by atoms with Gasteiger partial charge in [0.25, 0.3) is 0 Å². The molecule has 1 aromatic rings. The van der Waals surface area contributed by atoms with Gasteiger partial charge < -0.3 is 19.5 Å². The van der Waals surface area contributed by atoms with Gasteiger partial charge in [0.2, 0.25) is 0 Å². The highest BCUT2D eigenvalue weighted by atomic mass is 16.6. The first kappa shape index (κ1) is 14.7. The molecule has 0 bridgehead atoms. The van der Waals surface area contributed by atoms with Crippen molar-refractivity contribution in [1.29, 1.82) is 0 Å². The fraction of sp³-hybridized carbons (Fsp3) is 0.533. The average Bonchev–Trinajstić information content (AvgIpc) is 2.46. The SMILES string of the molecule is COC(=O)C(NCC1COc2ccccc2O1)C(C)C. The lowest BCUT2D eigenvalue weighted by atomic mass is 10.0. The average molecular weight is 279 g/mol. The van der Waals surface area contributed by atoms with E-state index in [1.54, 1.807) is 0 Å². The fourth-order valence-corrected chi connectivity index (χ4v) is 2.14. The Kier molecular flexibility index (Phi) is 4.84. The highest BCUT2D eigenvalue weighted by Gasteiger charge is 2.26. The van der Waals surface area contributed by atoms with Crippen LogP contribution in [0.2, 0.25) is 0 Å². The number of methoxy groups -OCH3 is 1. The zero-order valence-corrected chi connectivity index (χ0v) is 12.1. The number of hydrogen-bond donors (Lipinski definition) is 1. The highest BCUT2D eigenvalue weighted by Crippen LogP contribution is 2.30. The summed E-state index contributed by atoms with van der Waals surface area (Å²) < 4.78 is 16.3. The van der Waals surface area contributed by atoms with Crippen LogP contribution in [0.1, 0.15) is 13.8 Å². The van der Waals surface area contributed by atoms with E-state index in [2.05, 4.69) is 5.32 Å². The van der Waals surface area contributed by atoms with Crippen molar-refractivity contribution in [2.45, 2.75) is 26.0 Å². The van der Waals surface area contributed by atoms with Gasteiger partial charge in [0.05, 0.1) is 7.11 Å². The molecule has 1 aliphatic heterocycles. The topological polar surface area (TPSA) is 56.8 Å². The van der Waals surface area contributed by atoms with Crippen LogP contribution in [0, 0.1) is 5.92 Å². The molecular formula is C15H21NO4. The lowest BCUT2D eigenvalue weighted by Gasteiger charge is -2.28. The normalized spacial score (nSPS) is 18.7. The number of carbonyl (C=O) groups excluding carboxylic acids is 1. The maximum absolute atomic E-state index is 11.7. The molecule has 1 aromatic carbocycles. The van der Waals surface area contributed by atoms with Crippen LogP contribution in [0.25, 0.3) is 0 Å². The van der Waals surface area contributed by atoms with E-state index >= 15 is 0 Å². The predicted molar refractivity (Wildman–Crippen MR) is 75.0 cm³/mol. The second-order valence-corrected chi connectivity index (χ2v) is 5.15. The molecule has 1 heterocycles. The number of fused-ring (bicyclic) bond motifs is 1. The van der Waals surface area contributed by atoms with Gasteiger partial charge in [0, 0.05) is 6.54 Å². The molecule has 1 aliphatic rings. The minimum Gasteiger partial charge on any atom is -0.486 e. The quantitative estimate of drug-likeness (QED) is 0.830. The van der Waals surface area contributed by atoms with E-state index in [4.69, 9.17) is 14.2 Å². The third-order valence-electron chi connectivity index (χ3n) is 3.25. The summed E-state index contributed by atoms with van der Waals surface area (Å²) in [5.74, 6) is 1.40. The Balaban J connectivity index is 1.90. The van der Waals surface area contributed by atoms with Crippen molar-refractivity contribution in [2.75, 3.05) is 20.3 Å². The maximum Gasteiger partial charge on any atom is 0.323 e. The Labute approximate surface area is 119 Å². The second kappa shape index (κ2) is 6.61. The van der Waals surface area contributed by atoms with Crippen molar-refractivity contribution in [3.8, 4) is 11.5 Å². The molecule has 0 amide bonds. The number of benzene rings is 1. The molecule has 0 fully saturated rings. The van der Waals surface area contributed by atoms with Crippen LogP contribution < -0.4 is 14.8 Å². The van der Waals surface area contributed by atoms with Crippen LogP contribution in [0.5, 0.6) is 11.5 Å². The number of para-hydroxylation sites is 2. The molecule has 2 atom stereocenters. The Bertz CT molecular complexity index is 461. The zero-order chi connectivity index (χ0) is 14.5.